The number of carbonyl (C=O) groups is 2. The Hall–Kier alpha value is -2.01. The van der Waals surface area contributed by atoms with Crippen molar-refractivity contribution in [1.29, 1.82) is 0 Å². The van der Waals surface area contributed by atoms with Crippen LogP contribution >= 0.6 is 15.9 Å². The lowest BCUT2D eigenvalue weighted by atomic mass is 9.72. The third-order valence-corrected chi connectivity index (χ3v) is 5.13. The number of allylic oxidation sites excluding steroid dienone is 2. The van der Waals surface area contributed by atoms with E-state index in [2.05, 4.69) is 27.5 Å². The number of carbonyl (C=O) groups excluding carboxylic acids is 2. The van der Waals surface area contributed by atoms with Gasteiger partial charge in [0.05, 0.1) is 0 Å². The summed E-state index contributed by atoms with van der Waals surface area (Å²) in [6, 6.07) is 7.76. The van der Waals surface area contributed by atoms with Crippen molar-refractivity contribution in [2.45, 2.75) is 32.1 Å². The van der Waals surface area contributed by atoms with Crippen LogP contribution in [0.3, 0.4) is 0 Å². The molecule has 2 unspecified atom stereocenters. The molecule has 1 aliphatic heterocycles. The first-order valence-electron chi connectivity index (χ1n) is 8.37. The SMILES string of the molecule is C=CCOC(=O)C1C(C)=NC2=C(C(=O)CCC2)C1c1cccc(Br)c1. The molecule has 1 aliphatic carbocycles. The molecule has 0 aromatic heterocycles. The van der Waals surface area contributed by atoms with E-state index in [-0.39, 0.29) is 24.3 Å². The molecule has 0 amide bonds. The van der Waals surface area contributed by atoms with Gasteiger partial charge < -0.3 is 4.74 Å². The highest BCUT2D eigenvalue weighted by Crippen LogP contribution is 2.43. The first-order chi connectivity index (χ1) is 12.0. The number of Topliss-reactive ketones (excluding diaryl/α,β-unsaturated/α-hetero) is 1. The topological polar surface area (TPSA) is 55.7 Å². The summed E-state index contributed by atoms with van der Waals surface area (Å²) in [6.45, 7) is 5.57. The Morgan fingerprint density at radius 1 is 1.44 bits per heavy atom. The number of nitrogens with zero attached hydrogens (tertiary/aromatic N) is 1. The molecular formula is C20H20BrNO3. The van der Waals surface area contributed by atoms with Gasteiger partial charge in [0.1, 0.15) is 12.5 Å². The quantitative estimate of drug-likeness (QED) is 0.556. The highest BCUT2D eigenvalue weighted by atomic mass is 79.9. The van der Waals surface area contributed by atoms with Gasteiger partial charge in [-0.2, -0.15) is 0 Å². The molecule has 0 saturated heterocycles. The maximum atomic E-state index is 12.7. The molecule has 4 nitrogen and oxygen atoms in total. The summed E-state index contributed by atoms with van der Waals surface area (Å²) in [5, 5.41) is 0. The molecule has 0 N–H and O–H groups in total. The van der Waals surface area contributed by atoms with Gasteiger partial charge in [0, 0.05) is 33.8 Å². The molecular weight excluding hydrogens is 382 g/mol. The zero-order chi connectivity index (χ0) is 18.0. The van der Waals surface area contributed by atoms with Crippen molar-refractivity contribution in [3.63, 3.8) is 0 Å². The van der Waals surface area contributed by atoms with Gasteiger partial charge in [-0.05, 0) is 37.5 Å². The molecule has 0 saturated carbocycles. The fourth-order valence-corrected chi connectivity index (χ4v) is 4.02. The smallest absolute Gasteiger partial charge is 0.315 e. The highest BCUT2D eigenvalue weighted by molar-refractivity contribution is 9.10. The number of hydrogen-bond donors (Lipinski definition) is 0. The van der Waals surface area contributed by atoms with Crippen LogP contribution in [0.2, 0.25) is 0 Å². The van der Waals surface area contributed by atoms with Gasteiger partial charge in [-0.15, -0.1) is 0 Å². The lowest BCUT2D eigenvalue weighted by Gasteiger charge is -2.34. The van der Waals surface area contributed by atoms with Crippen LogP contribution in [-0.2, 0) is 14.3 Å². The molecule has 1 aromatic carbocycles. The minimum Gasteiger partial charge on any atom is -0.461 e. The van der Waals surface area contributed by atoms with Crippen LogP contribution in [0.15, 0.2) is 57.7 Å². The van der Waals surface area contributed by atoms with Crippen molar-refractivity contribution in [2.24, 2.45) is 10.9 Å². The van der Waals surface area contributed by atoms with Crippen LogP contribution in [0.1, 0.15) is 37.7 Å². The second-order valence-corrected chi connectivity index (χ2v) is 7.24. The van der Waals surface area contributed by atoms with Crippen LogP contribution in [0.5, 0.6) is 0 Å². The number of hydrogen-bond acceptors (Lipinski definition) is 4. The Bertz CT molecular complexity index is 794. The predicted octanol–water partition coefficient (Wildman–Crippen LogP) is 4.36. The van der Waals surface area contributed by atoms with Crippen LogP contribution in [0.4, 0.5) is 0 Å². The van der Waals surface area contributed by atoms with E-state index >= 15 is 0 Å². The molecule has 2 atom stereocenters. The van der Waals surface area contributed by atoms with Gasteiger partial charge in [-0.25, -0.2) is 0 Å². The molecule has 0 radical (unpaired) electrons. The molecule has 0 bridgehead atoms. The monoisotopic (exact) mass is 401 g/mol. The van der Waals surface area contributed by atoms with E-state index in [1.165, 1.54) is 6.08 Å². The third kappa shape index (κ3) is 3.52. The lowest BCUT2D eigenvalue weighted by molar-refractivity contribution is -0.145. The zero-order valence-corrected chi connectivity index (χ0v) is 15.7. The van der Waals surface area contributed by atoms with Crippen molar-refractivity contribution in [3.05, 3.63) is 58.2 Å². The average Bonchev–Trinajstić information content (AvgIpc) is 2.58. The van der Waals surface area contributed by atoms with Crippen LogP contribution in [0.25, 0.3) is 0 Å². The minimum absolute atomic E-state index is 0.0870. The summed E-state index contributed by atoms with van der Waals surface area (Å²) < 4.78 is 6.23. The first-order valence-corrected chi connectivity index (χ1v) is 9.16. The Kier molecular flexibility index (Phi) is 5.33. The number of benzene rings is 1. The van der Waals surface area contributed by atoms with Crippen molar-refractivity contribution in [1.82, 2.24) is 0 Å². The number of aliphatic imine (C=N–C) groups is 1. The fourth-order valence-electron chi connectivity index (χ4n) is 3.60. The predicted molar refractivity (Wildman–Crippen MR) is 101 cm³/mol. The second-order valence-electron chi connectivity index (χ2n) is 6.32. The number of rotatable bonds is 4. The van der Waals surface area contributed by atoms with Crippen molar-refractivity contribution in [2.75, 3.05) is 6.61 Å². The van der Waals surface area contributed by atoms with E-state index < -0.39 is 5.92 Å². The third-order valence-electron chi connectivity index (χ3n) is 4.64. The zero-order valence-electron chi connectivity index (χ0n) is 14.1. The first kappa shape index (κ1) is 17.8. The standard InChI is InChI=1S/C20H20BrNO3/c1-3-10-25-20(24)17-12(2)22-15-8-5-9-16(23)19(15)18(17)13-6-4-7-14(21)11-13/h3-4,6-7,11,17-18H,1,5,8-10H2,2H3. The molecule has 130 valence electrons. The van der Waals surface area contributed by atoms with Gasteiger partial charge in [0.15, 0.2) is 5.78 Å². The van der Waals surface area contributed by atoms with Crippen molar-refractivity contribution >= 4 is 33.4 Å². The van der Waals surface area contributed by atoms with Gasteiger partial charge in [-0.3, -0.25) is 14.6 Å². The van der Waals surface area contributed by atoms with Crippen molar-refractivity contribution in [3.8, 4) is 0 Å². The highest BCUT2D eigenvalue weighted by Gasteiger charge is 2.43. The Labute approximate surface area is 155 Å². The molecule has 1 aromatic rings. The molecule has 1 heterocycles. The minimum atomic E-state index is -0.588. The molecule has 3 rings (SSSR count). The molecule has 2 aliphatic rings. The number of ketones is 1. The maximum Gasteiger partial charge on any atom is 0.315 e. The van der Waals surface area contributed by atoms with E-state index in [1.807, 2.05) is 31.2 Å². The van der Waals surface area contributed by atoms with Gasteiger partial charge >= 0.3 is 5.97 Å². The van der Waals surface area contributed by atoms with E-state index in [4.69, 9.17) is 4.74 Å². The normalized spacial score (nSPS) is 23.0. The number of esters is 1. The number of halogens is 1. The van der Waals surface area contributed by atoms with E-state index in [1.54, 1.807) is 0 Å². The van der Waals surface area contributed by atoms with E-state index in [0.717, 1.165) is 28.6 Å². The van der Waals surface area contributed by atoms with E-state index in [9.17, 15) is 9.59 Å². The average molecular weight is 402 g/mol. The summed E-state index contributed by atoms with van der Waals surface area (Å²) in [5.41, 5.74) is 3.13. The Morgan fingerprint density at radius 2 is 2.24 bits per heavy atom. The molecule has 0 fully saturated rings. The fraction of sp³-hybridized carbons (Fsp3) is 0.350. The molecule has 0 spiro atoms. The summed E-state index contributed by atoms with van der Waals surface area (Å²) in [4.78, 5) is 30.0. The summed E-state index contributed by atoms with van der Waals surface area (Å²) >= 11 is 3.49. The van der Waals surface area contributed by atoms with Crippen LogP contribution in [0, 0.1) is 5.92 Å². The maximum absolute atomic E-state index is 12.7. The summed E-state index contributed by atoms with van der Waals surface area (Å²) in [6.07, 6.45) is 3.63. The summed E-state index contributed by atoms with van der Waals surface area (Å²) in [7, 11) is 0. The lowest BCUT2D eigenvalue weighted by Crippen LogP contribution is -2.37. The van der Waals surface area contributed by atoms with E-state index in [0.29, 0.717) is 17.7 Å². The van der Waals surface area contributed by atoms with Gasteiger partial charge in [0.25, 0.3) is 0 Å². The number of ether oxygens (including phenoxy) is 1. The summed E-state index contributed by atoms with van der Waals surface area (Å²) in [5.74, 6) is -1.22. The van der Waals surface area contributed by atoms with Gasteiger partial charge in [-0.1, -0.05) is 40.7 Å². The van der Waals surface area contributed by atoms with Crippen LogP contribution < -0.4 is 0 Å². The molecule has 25 heavy (non-hydrogen) atoms. The Balaban J connectivity index is 2.12. The van der Waals surface area contributed by atoms with Crippen LogP contribution in [-0.4, -0.2) is 24.1 Å². The van der Waals surface area contributed by atoms with Crippen molar-refractivity contribution < 1.29 is 14.3 Å². The second kappa shape index (κ2) is 7.48. The largest absolute Gasteiger partial charge is 0.461 e. The Morgan fingerprint density at radius 3 is 2.96 bits per heavy atom. The van der Waals surface area contributed by atoms with Gasteiger partial charge in [0.2, 0.25) is 0 Å². The molecule has 5 heteroatoms.